The number of allylic oxidation sites excluding steroid dienone is 2. The van der Waals surface area contributed by atoms with Gasteiger partial charge in [0.25, 0.3) is 5.89 Å². The van der Waals surface area contributed by atoms with Crippen LogP contribution < -0.4 is 5.46 Å². The maximum absolute atomic E-state index is 12.4. The van der Waals surface area contributed by atoms with Gasteiger partial charge in [-0.25, -0.2) is 0 Å². The van der Waals surface area contributed by atoms with Crippen molar-refractivity contribution in [3.05, 3.63) is 35.4 Å². The van der Waals surface area contributed by atoms with Crippen LogP contribution in [0.3, 0.4) is 0 Å². The maximum atomic E-state index is 12.4. The Morgan fingerprint density at radius 2 is 1.88 bits per heavy atom. The molecule has 0 aromatic carbocycles. The summed E-state index contributed by atoms with van der Waals surface area (Å²) in [7, 11) is 5.86. The third kappa shape index (κ3) is 4.17. The van der Waals surface area contributed by atoms with Gasteiger partial charge in [-0.2, -0.15) is 0 Å². The number of carbonyl (C=O) groups excluding carboxylic acids is 1. The van der Waals surface area contributed by atoms with Crippen molar-refractivity contribution >= 4 is 19.6 Å². The number of nitrogens with zero attached hydrogens (tertiary/aromatic N) is 3. The topological polar surface area (TPSA) is 68.9 Å². The third-order valence-corrected chi connectivity index (χ3v) is 12.5. The Labute approximate surface area is 241 Å². The lowest BCUT2D eigenvalue weighted by molar-refractivity contribution is -0.149. The molecule has 0 N–H and O–H groups in total. The fraction of sp³-hybridized carbons (Fsp3) is 0.706. The van der Waals surface area contributed by atoms with Gasteiger partial charge in [0.1, 0.15) is 19.8 Å². The molecule has 0 spiro atoms. The summed E-state index contributed by atoms with van der Waals surface area (Å²) in [5, 5.41) is 9.08. The molecule has 2 radical (unpaired) electrons. The maximum Gasteiger partial charge on any atom is 0.266 e. The summed E-state index contributed by atoms with van der Waals surface area (Å²) in [6.07, 6.45) is 15.9. The van der Waals surface area contributed by atoms with Gasteiger partial charge in [-0.3, -0.25) is 4.98 Å². The second kappa shape index (κ2) is 10.2. The standard InChI is InChI=1S/C34H46BN3O2/c1-21(2)22(3)29-25-10-12-28-32(4)15-7-6-8-23(32)13-16-33(28,5)26(25)14-17-34(29,18-19-39)31-38-37-30(40-31)27-11-9-24(35)20-36-27/h9,11,19-21,23,25-26,28H,6-8,10,12-18H2,1-5H3/b29-22+. The van der Waals surface area contributed by atoms with Crippen molar-refractivity contribution in [2.24, 2.45) is 40.4 Å². The van der Waals surface area contributed by atoms with E-state index in [4.69, 9.17) is 12.3 Å². The van der Waals surface area contributed by atoms with E-state index in [1.165, 1.54) is 62.5 Å². The minimum Gasteiger partial charge on any atom is -0.418 e. The Kier molecular flexibility index (Phi) is 7.15. The zero-order chi connectivity index (χ0) is 28.3. The van der Waals surface area contributed by atoms with E-state index >= 15 is 0 Å². The monoisotopic (exact) mass is 539 g/mol. The van der Waals surface area contributed by atoms with Gasteiger partial charge < -0.3 is 9.21 Å². The normalized spacial score (nSPS) is 38.8. The van der Waals surface area contributed by atoms with Crippen LogP contribution in [0, 0.1) is 40.4 Å². The minimum absolute atomic E-state index is 0.343. The summed E-state index contributed by atoms with van der Waals surface area (Å²) in [5.74, 6) is 4.14. The lowest BCUT2D eigenvalue weighted by atomic mass is 9.38. The van der Waals surface area contributed by atoms with Crippen molar-refractivity contribution in [1.29, 1.82) is 0 Å². The molecule has 5 nitrogen and oxygen atoms in total. The predicted molar refractivity (Wildman–Crippen MR) is 159 cm³/mol. The highest BCUT2D eigenvalue weighted by Crippen LogP contribution is 2.70. The zero-order valence-electron chi connectivity index (χ0n) is 25.2. The van der Waals surface area contributed by atoms with Crippen LogP contribution in [-0.2, 0) is 10.2 Å². The molecule has 4 aliphatic rings. The predicted octanol–water partition coefficient (Wildman–Crippen LogP) is 7.16. The number of aldehydes is 1. The van der Waals surface area contributed by atoms with Crippen LogP contribution in [0.2, 0.25) is 0 Å². The fourth-order valence-electron chi connectivity index (χ4n) is 10.4. The van der Waals surface area contributed by atoms with Gasteiger partial charge in [0.2, 0.25) is 5.89 Å². The summed E-state index contributed by atoms with van der Waals surface area (Å²) in [6, 6.07) is 3.61. The fourth-order valence-corrected chi connectivity index (χ4v) is 10.4. The molecular formula is C34H46BN3O2. The van der Waals surface area contributed by atoms with Crippen LogP contribution >= 0.6 is 0 Å². The Morgan fingerprint density at radius 1 is 1.05 bits per heavy atom. The molecule has 212 valence electrons. The first-order valence-electron chi connectivity index (χ1n) is 15.8. The first-order valence-corrected chi connectivity index (χ1v) is 15.8. The smallest absolute Gasteiger partial charge is 0.266 e. The molecule has 0 bridgehead atoms. The summed E-state index contributed by atoms with van der Waals surface area (Å²) in [4.78, 5) is 16.8. The van der Waals surface area contributed by atoms with E-state index in [0.29, 0.717) is 57.9 Å². The molecule has 40 heavy (non-hydrogen) atoms. The molecule has 4 saturated carbocycles. The zero-order valence-corrected chi connectivity index (χ0v) is 25.2. The van der Waals surface area contributed by atoms with Crippen molar-refractivity contribution in [1.82, 2.24) is 15.2 Å². The number of rotatable bonds is 5. The summed E-state index contributed by atoms with van der Waals surface area (Å²) < 4.78 is 6.44. The second-order valence-corrected chi connectivity index (χ2v) is 14.5. The largest absolute Gasteiger partial charge is 0.418 e. The van der Waals surface area contributed by atoms with Crippen molar-refractivity contribution < 1.29 is 9.21 Å². The molecule has 2 aromatic rings. The van der Waals surface area contributed by atoms with E-state index in [1.54, 1.807) is 12.3 Å². The van der Waals surface area contributed by atoms with Gasteiger partial charge in [0.05, 0.1) is 5.41 Å². The molecule has 4 fully saturated rings. The number of aromatic nitrogens is 3. The van der Waals surface area contributed by atoms with Crippen LogP contribution in [0.4, 0.5) is 0 Å². The number of pyridine rings is 1. The number of fused-ring (bicyclic) bond motifs is 5. The van der Waals surface area contributed by atoms with Crippen LogP contribution in [0.25, 0.3) is 11.6 Å². The number of hydrogen-bond acceptors (Lipinski definition) is 5. The van der Waals surface area contributed by atoms with Gasteiger partial charge in [0, 0.05) is 12.6 Å². The molecule has 0 saturated heterocycles. The second-order valence-electron chi connectivity index (χ2n) is 14.5. The Hall–Kier alpha value is -2.24. The molecule has 7 atom stereocenters. The molecule has 0 amide bonds. The molecule has 6 heteroatoms. The van der Waals surface area contributed by atoms with Crippen LogP contribution in [-0.4, -0.2) is 29.3 Å². The molecule has 6 rings (SSSR count). The van der Waals surface area contributed by atoms with E-state index in [0.717, 1.165) is 31.0 Å². The van der Waals surface area contributed by atoms with Crippen molar-refractivity contribution in [3.8, 4) is 11.6 Å². The quantitative estimate of drug-likeness (QED) is 0.229. The minimum atomic E-state index is -0.550. The molecule has 2 heterocycles. The highest BCUT2D eigenvalue weighted by Gasteiger charge is 2.62. The molecule has 4 aliphatic carbocycles. The van der Waals surface area contributed by atoms with Gasteiger partial charge in [0.15, 0.2) is 0 Å². The van der Waals surface area contributed by atoms with Crippen molar-refractivity contribution in [2.75, 3.05) is 0 Å². The first-order chi connectivity index (χ1) is 19.1. The molecule has 7 unspecified atom stereocenters. The van der Waals surface area contributed by atoms with Crippen molar-refractivity contribution in [2.45, 2.75) is 111 Å². The van der Waals surface area contributed by atoms with Gasteiger partial charge in [-0.15, -0.1) is 10.2 Å². The van der Waals surface area contributed by atoms with Crippen molar-refractivity contribution in [3.63, 3.8) is 0 Å². The van der Waals surface area contributed by atoms with E-state index in [9.17, 15) is 4.79 Å². The van der Waals surface area contributed by atoms with Gasteiger partial charge in [-0.05, 0) is 105 Å². The SMILES string of the molecule is [B]c1ccc(-c2nnc(C3(CC=O)CCC4C(CCC5C6(C)CCCCC6CCC45C)/C3=C(/C)C(C)C)o2)nc1. The highest BCUT2D eigenvalue weighted by molar-refractivity contribution is 6.32. The Morgan fingerprint density at radius 3 is 2.60 bits per heavy atom. The summed E-state index contributed by atoms with van der Waals surface area (Å²) in [5.41, 5.74) is 4.32. The van der Waals surface area contributed by atoms with Crippen LogP contribution in [0.1, 0.15) is 111 Å². The van der Waals surface area contributed by atoms with E-state index in [1.807, 2.05) is 6.07 Å². The first kappa shape index (κ1) is 27.9. The van der Waals surface area contributed by atoms with E-state index in [2.05, 4.69) is 49.8 Å². The Bertz CT molecular complexity index is 1280. The average Bonchev–Trinajstić information content (AvgIpc) is 3.43. The van der Waals surface area contributed by atoms with Gasteiger partial charge >= 0.3 is 0 Å². The molecule has 0 aliphatic heterocycles. The number of carbonyl (C=O) groups is 1. The van der Waals surface area contributed by atoms with E-state index in [-0.39, 0.29) is 0 Å². The van der Waals surface area contributed by atoms with Gasteiger partial charge in [-0.1, -0.05) is 63.2 Å². The lowest BCUT2D eigenvalue weighted by Gasteiger charge is -2.66. The van der Waals surface area contributed by atoms with Crippen LogP contribution in [0.5, 0.6) is 0 Å². The third-order valence-electron chi connectivity index (χ3n) is 12.5. The lowest BCUT2D eigenvalue weighted by Crippen LogP contribution is -2.58. The highest BCUT2D eigenvalue weighted by atomic mass is 16.4. The summed E-state index contributed by atoms with van der Waals surface area (Å²) in [6.45, 7) is 12.2. The average molecular weight is 540 g/mol. The number of hydrogen-bond donors (Lipinski definition) is 0. The Balaban J connectivity index is 1.43. The van der Waals surface area contributed by atoms with E-state index < -0.39 is 5.41 Å². The van der Waals surface area contributed by atoms with Crippen LogP contribution in [0.15, 0.2) is 33.9 Å². The molecule has 2 aromatic heterocycles. The molecular weight excluding hydrogens is 493 g/mol. The summed E-state index contributed by atoms with van der Waals surface area (Å²) >= 11 is 0.